The normalized spacial score (nSPS) is 11.1. The second-order valence-electron chi connectivity index (χ2n) is 4.01. The van der Waals surface area contributed by atoms with Gasteiger partial charge in [0.2, 0.25) is 10.0 Å². The molecule has 112 valence electrons. The summed E-state index contributed by atoms with van der Waals surface area (Å²) in [6.07, 6.45) is 0. The molecule has 0 bridgehead atoms. The summed E-state index contributed by atoms with van der Waals surface area (Å²) < 4.78 is 31.6. The highest BCUT2D eigenvalue weighted by Gasteiger charge is 2.20. The van der Waals surface area contributed by atoms with E-state index in [1.165, 1.54) is 12.6 Å². The summed E-state index contributed by atoms with van der Waals surface area (Å²) >= 11 is 0.912. The Bertz CT molecular complexity index is 755. The first-order valence-corrected chi connectivity index (χ1v) is 8.25. The molecule has 0 radical (unpaired) electrons. The predicted octanol–water partition coefficient (Wildman–Crippen LogP) is 1.79. The summed E-state index contributed by atoms with van der Waals surface area (Å²) in [5, 5.41) is 8.90. The maximum Gasteiger partial charge on any atom is 0.357 e. The highest BCUT2D eigenvalue weighted by molar-refractivity contribution is 7.92. The van der Waals surface area contributed by atoms with Crippen LogP contribution < -0.4 is 9.46 Å². The molecule has 0 atom stereocenters. The molecule has 0 saturated heterocycles. The van der Waals surface area contributed by atoms with Gasteiger partial charge in [-0.15, -0.1) is 11.3 Å². The van der Waals surface area contributed by atoms with Crippen molar-refractivity contribution in [2.75, 3.05) is 11.8 Å². The van der Waals surface area contributed by atoms with Crippen LogP contribution in [0.3, 0.4) is 0 Å². The molecule has 1 aromatic heterocycles. The van der Waals surface area contributed by atoms with Crippen LogP contribution in [-0.2, 0) is 15.8 Å². The molecule has 0 aliphatic carbocycles. The topological polar surface area (TPSA) is 106 Å². The SMILES string of the molecule is COc1ccccc1CS(=O)(=O)Nc1scnc1C(=O)O. The van der Waals surface area contributed by atoms with Gasteiger partial charge < -0.3 is 9.84 Å². The molecule has 0 fully saturated rings. The zero-order valence-corrected chi connectivity index (χ0v) is 12.6. The van der Waals surface area contributed by atoms with Gasteiger partial charge in [-0.25, -0.2) is 18.2 Å². The number of rotatable bonds is 6. The Kier molecular flexibility index (Phi) is 4.43. The lowest BCUT2D eigenvalue weighted by Crippen LogP contribution is -2.16. The standard InChI is InChI=1S/C12H12N2O5S2/c1-19-9-5-3-2-4-8(9)6-21(17,18)14-11-10(12(15)16)13-7-20-11/h2-5,7,14H,6H2,1H3,(H,15,16). The Morgan fingerprint density at radius 3 is 2.81 bits per heavy atom. The number of hydrogen-bond acceptors (Lipinski definition) is 6. The van der Waals surface area contributed by atoms with Crippen LogP contribution in [0.1, 0.15) is 16.1 Å². The molecule has 1 aromatic carbocycles. The van der Waals surface area contributed by atoms with Crippen molar-refractivity contribution in [3.8, 4) is 5.75 Å². The summed E-state index contributed by atoms with van der Waals surface area (Å²) in [5.74, 6) is -1.16. The highest BCUT2D eigenvalue weighted by atomic mass is 32.2. The molecular weight excluding hydrogens is 316 g/mol. The van der Waals surface area contributed by atoms with Crippen molar-refractivity contribution in [2.24, 2.45) is 0 Å². The van der Waals surface area contributed by atoms with Crippen LogP contribution in [0, 0.1) is 0 Å². The van der Waals surface area contributed by atoms with Gasteiger partial charge in [-0.05, 0) is 6.07 Å². The lowest BCUT2D eigenvalue weighted by atomic mass is 10.2. The third-order valence-corrected chi connectivity index (χ3v) is 4.63. The molecule has 0 amide bonds. The van der Waals surface area contributed by atoms with E-state index < -0.39 is 16.0 Å². The monoisotopic (exact) mass is 328 g/mol. The first-order chi connectivity index (χ1) is 9.93. The van der Waals surface area contributed by atoms with Crippen molar-refractivity contribution in [1.29, 1.82) is 0 Å². The summed E-state index contributed by atoms with van der Waals surface area (Å²) in [5.41, 5.74) is 1.43. The zero-order valence-electron chi connectivity index (χ0n) is 10.9. The largest absolute Gasteiger partial charge is 0.496 e. The van der Waals surface area contributed by atoms with E-state index >= 15 is 0 Å². The number of sulfonamides is 1. The van der Waals surface area contributed by atoms with Gasteiger partial charge in [0, 0.05) is 5.56 Å². The highest BCUT2D eigenvalue weighted by Crippen LogP contribution is 2.24. The Labute approximate surface area is 125 Å². The summed E-state index contributed by atoms with van der Waals surface area (Å²) in [7, 11) is -2.32. The van der Waals surface area contributed by atoms with Crippen LogP contribution in [0.15, 0.2) is 29.8 Å². The van der Waals surface area contributed by atoms with E-state index in [0.29, 0.717) is 11.3 Å². The number of anilines is 1. The smallest absolute Gasteiger partial charge is 0.357 e. The van der Waals surface area contributed by atoms with Crippen molar-refractivity contribution in [3.63, 3.8) is 0 Å². The average molecular weight is 328 g/mol. The van der Waals surface area contributed by atoms with Gasteiger partial charge in [0.15, 0.2) is 5.69 Å². The molecule has 0 spiro atoms. The van der Waals surface area contributed by atoms with E-state index in [0.717, 1.165) is 11.3 Å². The lowest BCUT2D eigenvalue weighted by Gasteiger charge is -2.10. The maximum absolute atomic E-state index is 12.1. The Hall–Kier alpha value is -2.13. The van der Waals surface area contributed by atoms with Crippen molar-refractivity contribution in [1.82, 2.24) is 4.98 Å². The number of benzene rings is 1. The van der Waals surface area contributed by atoms with Crippen molar-refractivity contribution in [2.45, 2.75) is 5.75 Å². The number of carbonyl (C=O) groups is 1. The molecule has 0 unspecified atom stereocenters. The van der Waals surface area contributed by atoms with Crippen LogP contribution in [0.5, 0.6) is 5.75 Å². The van der Waals surface area contributed by atoms with Crippen LogP contribution in [-0.4, -0.2) is 31.6 Å². The lowest BCUT2D eigenvalue weighted by molar-refractivity contribution is 0.0692. The van der Waals surface area contributed by atoms with Crippen LogP contribution in [0.4, 0.5) is 5.00 Å². The number of methoxy groups -OCH3 is 1. The third kappa shape index (κ3) is 3.70. The number of carboxylic acids is 1. The van der Waals surface area contributed by atoms with Gasteiger partial charge >= 0.3 is 5.97 Å². The average Bonchev–Trinajstić information content (AvgIpc) is 2.86. The summed E-state index contributed by atoms with van der Waals surface area (Å²) in [4.78, 5) is 14.5. The van der Waals surface area contributed by atoms with E-state index in [9.17, 15) is 13.2 Å². The molecular formula is C12H12N2O5S2. The van der Waals surface area contributed by atoms with Crippen LogP contribution in [0.25, 0.3) is 0 Å². The number of aromatic carboxylic acids is 1. The fraction of sp³-hybridized carbons (Fsp3) is 0.167. The van der Waals surface area contributed by atoms with E-state index in [-0.39, 0.29) is 16.4 Å². The minimum absolute atomic E-state index is 0.0163. The van der Waals surface area contributed by atoms with E-state index in [1.54, 1.807) is 24.3 Å². The molecule has 0 aliphatic rings. The number of aromatic nitrogens is 1. The van der Waals surface area contributed by atoms with Crippen LogP contribution in [0.2, 0.25) is 0 Å². The molecule has 0 saturated carbocycles. The number of thiazole rings is 1. The van der Waals surface area contributed by atoms with Gasteiger partial charge in [-0.1, -0.05) is 18.2 Å². The van der Waals surface area contributed by atoms with Crippen molar-refractivity contribution >= 4 is 32.3 Å². The Morgan fingerprint density at radius 2 is 2.14 bits per heavy atom. The third-order valence-electron chi connectivity index (χ3n) is 2.56. The van der Waals surface area contributed by atoms with E-state index in [2.05, 4.69) is 9.71 Å². The van der Waals surface area contributed by atoms with Gasteiger partial charge in [0.25, 0.3) is 0 Å². The predicted molar refractivity (Wildman–Crippen MR) is 78.3 cm³/mol. The van der Waals surface area contributed by atoms with Gasteiger partial charge in [0.05, 0.1) is 18.4 Å². The number of carboxylic acid groups (broad SMARTS) is 1. The fourth-order valence-corrected chi connectivity index (χ4v) is 3.86. The van der Waals surface area contributed by atoms with E-state index in [4.69, 9.17) is 9.84 Å². The van der Waals surface area contributed by atoms with Gasteiger partial charge in [-0.3, -0.25) is 4.72 Å². The summed E-state index contributed by atoms with van der Waals surface area (Å²) in [6.45, 7) is 0. The van der Waals surface area contributed by atoms with Crippen molar-refractivity contribution < 1.29 is 23.1 Å². The Balaban J connectivity index is 2.23. The number of nitrogens with one attached hydrogen (secondary N) is 1. The number of hydrogen-bond donors (Lipinski definition) is 2. The first-order valence-electron chi connectivity index (χ1n) is 5.72. The quantitative estimate of drug-likeness (QED) is 0.837. The van der Waals surface area contributed by atoms with E-state index in [1.807, 2.05) is 0 Å². The maximum atomic E-state index is 12.1. The molecule has 9 heteroatoms. The molecule has 1 heterocycles. The zero-order chi connectivity index (χ0) is 15.5. The minimum Gasteiger partial charge on any atom is -0.496 e. The molecule has 2 aromatic rings. The minimum atomic E-state index is -3.77. The first kappa shape index (κ1) is 15.3. The Morgan fingerprint density at radius 1 is 1.43 bits per heavy atom. The molecule has 2 N–H and O–H groups in total. The second kappa shape index (κ2) is 6.10. The second-order valence-corrected chi connectivity index (χ2v) is 6.59. The van der Waals surface area contributed by atoms with Gasteiger partial charge in [0.1, 0.15) is 10.8 Å². The molecule has 0 aliphatic heterocycles. The number of ether oxygens (including phenoxy) is 1. The number of para-hydroxylation sites is 1. The molecule has 21 heavy (non-hydrogen) atoms. The van der Waals surface area contributed by atoms with Crippen LogP contribution >= 0.6 is 11.3 Å². The van der Waals surface area contributed by atoms with Crippen molar-refractivity contribution in [3.05, 3.63) is 41.0 Å². The molecule has 7 nitrogen and oxygen atoms in total. The summed E-state index contributed by atoms with van der Waals surface area (Å²) in [6, 6.07) is 6.71. The fourth-order valence-electron chi connectivity index (χ4n) is 1.68. The number of nitrogens with zero attached hydrogens (tertiary/aromatic N) is 1. The van der Waals surface area contributed by atoms with Gasteiger partial charge in [-0.2, -0.15) is 0 Å². The molecule has 2 rings (SSSR count).